The van der Waals surface area contributed by atoms with Crippen molar-refractivity contribution >= 4 is 29.6 Å². The third-order valence-corrected chi connectivity index (χ3v) is 0. The predicted octanol–water partition coefficient (Wildman–Crippen LogP) is -9.64. The molecule has 0 radical (unpaired) electrons. The second kappa shape index (κ2) is 24.4. The third-order valence-electron chi connectivity index (χ3n) is 0. The van der Waals surface area contributed by atoms with Crippen LogP contribution >= 0.6 is 0 Å². The molecule has 0 aliphatic heterocycles. The van der Waals surface area contributed by atoms with Gasteiger partial charge in [0.25, 0.3) is 0 Å². The molecule has 0 nitrogen and oxygen atoms in total. The number of rotatable bonds is 0. The maximum absolute atomic E-state index is 0. The summed E-state index contributed by atoms with van der Waals surface area (Å²) in [6.07, 6.45) is 0. The van der Waals surface area contributed by atoms with E-state index in [-0.39, 0.29) is 127 Å². The van der Waals surface area contributed by atoms with Crippen LogP contribution in [0.25, 0.3) is 0 Å². The van der Waals surface area contributed by atoms with E-state index in [1.807, 2.05) is 0 Å². The Morgan fingerprint density at radius 2 is 0.600 bits per heavy atom. The fourth-order valence-electron chi connectivity index (χ4n) is 0. The largest absolute Gasteiger partial charge is 3.00 e. The topological polar surface area (TPSA) is 0 Å². The Morgan fingerprint density at radius 1 is 0.600 bits per heavy atom. The zero-order chi connectivity index (χ0) is 0. The molecule has 0 saturated carbocycles. The van der Waals surface area contributed by atoms with Gasteiger partial charge in [-0.2, -0.15) is 0 Å². The van der Waals surface area contributed by atoms with Crippen LogP contribution in [0.2, 0.25) is 0 Å². The van der Waals surface area contributed by atoms with Gasteiger partial charge in [-0.1, -0.05) is 0 Å². The molecular formula is HI3NaSc. The summed E-state index contributed by atoms with van der Waals surface area (Å²) in [6, 6.07) is 0. The normalized spacial score (nSPS) is 0. The van der Waals surface area contributed by atoms with Gasteiger partial charge in [-0.15, -0.1) is 0 Å². The Kier molecular flexibility index (Phi) is 174. The minimum absolute atomic E-state index is 0. The number of halogens is 3. The molecule has 0 N–H and O–H groups in total. The molecule has 0 atom stereocenters. The molecular weight excluding hydrogens is 449 g/mol. The first-order chi connectivity index (χ1) is 0. The van der Waals surface area contributed by atoms with Gasteiger partial charge in [-0.25, -0.2) is 0 Å². The minimum Gasteiger partial charge on any atom is 3.00 e. The molecule has 0 bridgehead atoms. The average molecular weight is 450 g/mol. The molecule has 0 spiro atoms. The summed E-state index contributed by atoms with van der Waals surface area (Å²) in [7, 11) is 0. The van der Waals surface area contributed by atoms with Crippen molar-refractivity contribution < 1.29 is 97.8 Å². The second-order valence-corrected chi connectivity index (χ2v) is 0. The summed E-state index contributed by atoms with van der Waals surface area (Å²) in [6.45, 7) is 0. The van der Waals surface area contributed by atoms with Crippen LogP contribution in [0.1, 0.15) is 0 Å². The quantitative estimate of drug-likeness (QED) is 0.255. The fraction of sp³-hybridized carbons (Fsp3) is 0. The van der Waals surface area contributed by atoms with E-state index in [1.54, 1.807) is 0 Å². The molecule has 0 heterocycles. The molecule has 0 fully saturated rings. The number of hydrogen-bond donors (Lipinski definition) is 0. The minimum atomic E-state index is 0. The first-order valence-electron chi connectivity index (χ1n) is 0. The van der Waals surface area contributed by atoms with Crippen molar-refractivity contribution in [2.24, 2.45) is 0 Å². The van der Waals surface area contributed by atoms with E-state index in [0.29, 0.717) is 0 Å². The van der Waals surface area contributed by atoms with Crippen molar-refractivity contribution in [1.29, 1.82) is 0 Å². The van der Waals surface area contributed by atoms with Crippen LogP contribution in [0.5, 0.6) is 0 Å². The molecule has 0 aromatic rings. The molecule has 26 valence electrons. The van der Waals surface area contributed by atoms with Gasteiger partial charge in [-0.3, -0.25) is 0 Å². The Hall–Kier alpha value is 4.06. The Bertz CT molecular complexity index is 6.85. The standard InChI is InChI=1S/3HI.Na.Sc.H/h3*1H;;;/q;;;;+3;/p-3. The van der Waals surface area contributed by atoms with Crippen molar-refractivity contribution in [3.8, 4) is 0 Å². The van der Waals surface area contributed by atoms with E-state index in [2.05, 4.69) is 0 Å². The van der Waals surface area contributed by atoms with E-state index in [0.717, 1.165) is 0 Å². The third kappa shape index (κ3) is 18.0. The van der Waals surface area contributed by atoms with Crippen LogP contribution in [-0.2, 0) is 25.8 Å². The maximum atomic E-state index is 0. The molecule has 0 unspecified atom stereocenters. The van der Waals surface area contributed by atoms with Crippen LogP contribution in [-0.4, -0.2) is 29.6 Å². The summed E-state index contributed by atoms with van der Waals surface area (Å²) < 4.78 is 0. The van der Waals surface area contributed by atoms with E-state index in [9.17, 15) is 0 Å². The molecule has 0 amide bonds. The maximum Gasteiger partial charge on any atom is 3.00 e. The van der Waals surface area contributed by atoms with Crippen molar-refractivity contribution in [1.82, 2.24) is 0 Å². The van der Waals surface area contributed by atoms with Crippen LogP contribution in [0.15, 0.2) is 0 Å². The van der Waals surface area contributed by atoms with Gasteiger partial charge in [0.15, 0.2) is 0 Å². The fourth-order valence-corrected chi connectivity index (χ4v) is 0. The van der Waals surface area contributed by atoms with Gasteiger partial charge >= 0.3 is 55.4 Å². The first-order valence-corrected chi connectivity index (χ1v) is 0. The molecule has 0 rings (SSSR count). The Labute approximate surface area is 124 Å². The van der Waals surface area contributed by atoms with Gasteiger partial charge in [0.2, 0.25) is 0 Å². The summed E-state index contributed by atoms with van der Waals surface area (Å²) in [5.41, 5.74) is 0. The molecule has 0 aliphatic rings. The van der Waals surface area contributed by atoms with E-state index < -0.39 is 0 Å². The van der Waals surface area contributed by atoms with Gasteiger partial charge in [-0.05, 0) is 0 Å². The molecule has 0 aromatic carbocycles. The zero-order valence-corrected chi connectivity index (χ0v) is 9.99. The van der Waals surface area contributed by atoms with Crippen LogP contribution in [0.4, 0.5) is 0 Å². The SMILES string of the molecule is [I-].[I-].[I-].[NaH].[Sc+3]. The summed E-state index contributed by atoms with van der Waals surface area (Å²) in [4.78, 5) is 0. The first kappa shape index (κ1) is 35.7. The van der Waals surface area contributed by atoms with Crippen molar-refractivity contribution in [3.05, 3.63) is 0 Å². The smallest absolute Gasteiger partial charge is 3.00 e. The number of hydrogen-bond acceptors (Lipinski definition) is 0. The Morgan fingerprint density at radius 3 is 0.600 bits per heavy atom. The summed E-state index contributed by atoms with van der Waals surface area (Å²) in [5, 5.41) is 0. The average Bonchev–Trinajstić information content (AvgIpc) is 0. The van der Waals surface area contributed by atoms with Crippen LogP contribution in [0, 0.1) is 0 Å². The zero-order valence-electron chi connectivity index (χ0n) is 1.71. The second-order valence-electron chi connectivity index (χ2n) is 0. The van der Waals surface area contributed by atoms with Crippen molar-refractivity contribution in [2.75, 3.05) is 0 Å². The predicted molar refractivity (Wildman–Crippen MR) is 7.15 cm³/mol. The molecule has 0 aromatic heterocycles. The summed E-state index contributed by atoms with van der Waals surface area (Å²) in [5.74, 6) is 0. The van der Waals surface area contributed by atoms with Crippen LogP contribution < -0.4 is 71.9 Å². The van der Waals surface area contributed by atoms with Crippen molar-refractivity contribution in [3.63, 3.8) is 0 Å². The monoisotopic (exact) mass is 450 g/mol. The van der Waals surface area contributed by atoms with Gasteiger partial charge in [0, 0.05) is 0 Å². The molecule has 0 saturated heterocycles. The molecule has 0 aliphatic carbocycles. The van der Waals surface area contributed by atoms with Gasteiger partial charge < -0.3 is 71.9 Å². The Balaban J connectivity index is 0. The van der Waals surface area contributed by atoms with Gasteiger partial charge in [0.05, 0.1) is 0 Å². The molecule has 5 heteroatoms. The van der Waals surface area contributed by atoms with Crippen LogP contribution in [0.3, 0.4) is 0 Å². The van der Waals surface area contributed by atoms with E-state index in [4.69, 9.17) is 0 Å². The van der Waals surface area contributed by atoms with E-state index in [1.165, 1.54) is 0 Å². The molecule has 5 heavy (non-hydrogen) atoms. The van der Waals surface area contributed by atoms with Gasteiger partial charge in [0.1, 0.15) is 0 Å². The summed E-state index contributed by atoms with van der Waals surface area (Å²) >= 11 is 0. The van der Waals surface area contributed by atoms with E-state index >= 15 is 0 Å². The van der Waals surface area contributed by atoms with Crippen molar-refractivity contribution in [2.45, 2.75) is 0 Å².